The van der Waals surface area contributed by atoms with Crippen molar-refractivity contribution in [3.8, 4) is 17.0 Å². The maximum atomic E-state index is 9.39. The quantitative estimate of drug-likeness (QED) is 0.356. The summed E-state index contributed by atoms with van der Waals surface area (Å²) in [7, 11) is 0. The third-order valence-corrected chi connectivity index (χ3v) is 5.43. The summed E-state index contributed by atoms with van der Waals surface area (Å²) in [5, 5.41) is 20.3. The van der Waals surface area contributed by atoms with Gasteiger partial charge in [-0.15, -0.1) is 16.4 Å². The molecule has 0 aliphatic rings. The lowest BCUT2D eigenvalue weighted by Crippen LogP contribution is -2.17. The molecule has 0 fully saturated rings. The summed E-state index contributed by atoms with van der Waals surface area (Å²) in [6, 6.07) is 27.7. The van der Waals surface area contributed by atoms with E-state index in [2.05, 4.69) is 56.5 Å². The maximum absolute atomic E-state index is 9.39. The molecule has 3 aromatic carbocycles. The number of thiazole rings is 1. The predicted molar refractivity (Wildman–Crippen MR) is 119 cm³/mol. The van der Waals surface area contributed by atoms with Gasteiger partial charge in [-0.3, -0.25) is 0 Å². The summed E-state index contributed by atoms with van der Waals surface area (Å²) in [6.45, 7) is 0.825. The molecule has 1 N–H and O–H groups in total. The number of rotatable bonds is 6. The van der Waals surface area contributed by atoms with Gasteiger partial charge in [-0.05, 0) is 47.4 Å². The first kappa shape index (κ1) is 18.9. The molecule has 0 bridgehead atoms. The van der Waals surface area contributed by atoms with Crippen LogP contribution in [0.5, 0.6) is 5.75 Å². The first-order chi connectivity index (χ1) is 14.3. The third kappa shape index (κ3) is 4.89. The second-order valence-corrected chi connectivity index (χ2v) is 7.43. The molecule has 0 amide bonds. The van der Waals surface area contributed by atoms with Gasteiger partial charge in [0.25, 0.3) is 0 Å². The Labute approximate surface area is 173 Å². The topological polar surface area (TPSA) is 49.9 Å². The molecule has 4 aromatic rings. The molecule has 1 aromatic heterocycles. The molecule has 5 heteroatoms. The van der Waals surface area contributed by atoms with E-state index < -0.39 is 0 Å². The number of phenolic OH excluding ortho intramolecular Hbond substituents is 1. The summed E-state index contributed by atoms with van der Waals surface area (Å²) in [4.78, 5) is 0.856. The van der Waals surface area contributed by atoms with E-state index in [-0.39, 0.29) is 5.75 Å². The highest BCUT2D eigenvalue weighted by Crippen LogP contribution is 2.20. The van der Waals surface area contributed by atoms with E-state index in [1.165, 1.54) is 11.1 Å². The number of benzene rings is 3. The molecule has 1 heterocycles. The van der Waals surface area contributed by atoms with Crippen LogP contribution >= 0.6 is 11.3 Å². The van der Waals surface area contributed by atoms with E-state index in [4.69, 9.17) is 0 Å². The summed E-state index contributed by atoms with van der Waals surface area (Å²) in [6.07, 6.45) is 2.62. The number of hydrogen-bond donors (Lipinski definition) is 1. The van der Waals surface area contributed by atoms with Crippen molar-refractivity contribution in [2.75, 3.05) is 0 Å². The summed E-state index contributed by atoms with van der Waals surface area (Å²) in [5.41, 5.74) is 4.50. The Kier molecular flexibility index (Phi) is 5.98. The molecule has 0 radical (unpaired) electrons. The number of aromatic hydroxyl groups is 1. The molecule has 0 aliphatic carbocycles. The van der Waals surface area contributed by atoms with Crippen LogP contribution in [0, 0.1) is 0 Å². The van der Waals surface area contributed by atoms with Crippen LogP contribution in [0.4, 0.5) is 0 Å². The highest BCUT2D eigenvalue weighted by Gasteiger charge is 2.08. The first-order valence-electron chi connectivity index (χ1n) is 9.43. The monoisotopic (exact) mass is 399 g/mol. The van der Waals surface area contributed by atoms with Gasteiger partial charge in [0.1, 0.15) is 5.75 Å². The van der Waals surface area contributed by atoms with Gasteiger partial charge in [-0.1, -0.05) is 60.7 Å². The normalized spacial score (nSPS) is 11.9. The van der Waals surface area contributed by atoms with Crippen molar-refractivity contribution in [3.63, 3.8) is 0 Å². The van der Waals surface area contributed by atoms with E-state index in [1.807, 2.05) is 36.4 Å². The van der Waals surface area contributed by atoms with Crippen molar-refractivity contribution in [1.82, 2.24) is 4.57 Å². The summed E-state index contributed by atoms with van der Waals surface area (Å²) in [5.74, 6) is 0.239. The number of aromatic nitrogens is 1. The minimum Gasteiger partial charge on any atom is -0.508 e. The van der Waals surface area contributed by atoms with Gasteiger partial charge >= 0.3 is 0 Å². The van der Waals surface area contributed by atoms with Crippen LogP contribution in [-0.2, 0) is 13.0 Å². The van der Waals surface area contributed by atoms with E-state index in [0.717, 1.165) is 29.0 Å². The van der Waals surface area contributed by atoms with E-state index in [9.17, 15) is 5.11 Å². The third-order valence-electron chi connectivity index (χ3n) is 4.58. The SMILES string of the molecule is Oc1ccc(/C=N/N=c2\scc(-c3ccccc3)n2CCc2ccccc2)cc1. The van der Waals surface area contributed by atoms with Crippen LogP contribution in [0.15, 0.2) is 101 Å². The van der Waals surface area contributed by atoms with Crippen LogP contribution in [0.25, 0.3) is 11.3 Å². The molecule has 0 saturated heterocycles. The molecule has 29 heavy (non-hydrogen) atoms. The standard InChI is InChI=1S/C24H21N3OS/c28-22-13-11-20(12-14-22)17-25-26-24-27(16-15-19-7-3-1-4-8-19)23(18-29-24)21-9-5-2-6-10-21/h1-14,17-18,28H,15-16H2/b25-17+,26-24-. The van der Waals surface area contributed by atoms with Crippen molar-refractivity contribution in [2.24, 2.45) is 10.2 Å². The molecule has 0 atom stereocenters. The molecule has 4 rings (SSSR count). The Balaban J connectivity index is 1.65. The highest BCUT2D eigenvalue weighted by atomic mass is 32.1. The number of nitrogens with zero attached hydrogens (tertiary/aromatic N) is 3. The van der Waals surface area contributed by atoms with Gasteiger partial charge in [0, 0.05) is 11.9 Å². The lowest BCUT2D eigenvalue weighted by Gasteiger charge is -2.09. The zero-order valence-electron chi connectivity index (χ0n) is 15.8. The molecule has 4 nitrogen and oxygen atoms in total. The molecule has 0 unspecified atom stereocenters. The Morgan fingerprint density at radius 3 is 2.28 bits per heavy atom. The van der Waals surface area contributed by atoms with Crippen LogP contribution in [0.2, 0.25) is 0 Å². The zero-order valence-corrected chi connectivity index (χ0v) is 16.7. The van der Waals surface area contributed by atoms with Gasteiger partial charge in [0.05, 0.1) is 11.9 Å². The van der Waals surface area contributed by atoms with E-state index in [1.54, 1.807) is 29.7 Å². The largest absolute Gasteiger partial charge is 0.508 e. The highest BCUT2D eigenvalue weighted by molar-refractivity contribution is 7.07. The minimum atomic E-state index is 0.239. The lowest BCUT2D eigenvalue weighted by molar-refractivity contribution is 0.475. The molecule has 144 valence electrons. The van der Waals surface area contributed by atoms with Gasteiger partial charge in [0.2, 0.25) is 4.80 Å². The van der Waals surface area contributed by atoms with Crippen molar-refractivity contribution in [2.45, 2.75) is 13.0 Å². The molecule has 0 spiro atoms. The number of hydrogen-bond acceptors (Lipinski definition) is 4. The Bertz CT molecular complexity index is 1140. The van der Waals surface area contributed by atoms with Crippen LogP contribution in [-0.4, -0.2) is 15.9 Å². The van der Waals surface area contributed by atoms with Crippen molar-refractivity contribution >= 4 is 17.6 Å². The average Bonchev–Trinajstić information content (AvgIpc) is 3.18. The fraction of sp³-hybridized carbons (Fsp3) is 0.0833. The number of phenols is 1. The fourth-order valence-corrected chi connectivity index (χ4v) is 3.95. The lowest BCUT2D eigenvalue weighted by atomic mass is 10.1. The van der Waals surface area contributed by atoms with E-state index in [0.29, 0.717) is 0 Å². The fourth-order valence-electron chi connectivity index (χ4n) is 3.06. The maximum Gasteiger partial charge on any atom is 0.211 e. The predicted octanol–water partition coefficient (Wildman–Crippen LogP) is 5.10. The van der Waals surface area contributed by atoms with Gasteiger partial charge < -0.3 is 9.67 Å². The van der Waals surface area contributed by atoms with Gasteiger partial charge in [-0.25, -0.2) is 0 Å². The molecular formula is C24H21N3OS. The Morgan fingerprint density at radius 2 is 1.55 bits per heavy atom. The van der Waals surface area contributed by atoms with Gasteiger partial charge in [-0.2, -0.15) is 5.10 Å². The Hall–Kier alpha value is -3.44. The molecule has 0 aliphatic heterocycles. The van der Waals surface area contributed by atoms with Crippen molar-refractivity contribution in [1.29, 1.82) is 0 Å². The minimum absolute atomic E-state index is 0.239. The summed E-state index contributed by atoms with van der Waals surface area (Å²) < 4.78 is 2.22. The van der Waals surface area contributed by atoms with Crippen LogP contribution < -0.4 is 4.80 Å². The van der Waals surface area contributed by atoms with Gasteiger partial charge in [0.15, 0.2) is 0 Å². The van der Waals surface area contributed by atoms with Crippen molar-refractivity contribution in [3.05, 3.63) is 106 Å². The second-order valence-electron chi connectivity index (χ2n) is 6.59. The van der Waals surface area contributed by atoms with Crippen LogP contribution in [0.1, 0.15) is 11.1 Å². The Morgan fingerprint density at radius 1 is 0.862 bits per heavy atom. The van der Waals surface area contributed by atoms with E-state index >= 15 is 0 Å². The zero-order chi connectivity index (χ0) is 19.9. The van der Waals surface area contributed by atoms with Crippen LogP contribution in [0.3, 0.4) is 0 Å². The smallest absolute Gasteiger partial charge is 0.211 e. The number of aryl methyl sites for hydroxylation is 1. The molecular weight excluding hydrogens is 378 g/mol. The van der Waals surface area contributed by atoms with Crippen molar-refractivity contribution < 1.29 is 5.11 Å². The molecule has 0 saturated carbocycles. The first-order valence-corrected chi connectivity index (χ1v) is 10.3. The second kappa shape index (κ2) is 9.17. The average molecular weight is 400 g/mol. The summed E-state index contributed by atoms with van der Waals surface area (Å²) >= 11 is 1.59.